The fourth-order valence-corrected chi connectivity index (χ4v) is 5.63. The molecule has 5 nitrogen and oxygen atoms in total. The molecule has 2 aromatic heterocycles. The van der Waals surface area contributed by atoms with Crippen LogP contribution in [0.1, 0.15) is 43.0 Å². The molecule has 0 aliphatic heterocycles. The van der Waals surface area contributed by atoms with Gasteiger partial charge in [0, 0.05) is 10.3 Å². The number of nitrogens with one attached hydrogen (secondary N) is 1. The Kier molecular flexibility index (Phi) is 4.42. The van der Waals surface area contributed by atoms with Crippen LogP contribution in [-0.2, 0) is 17.6 Å². The average Bonchev–Trinajstić information content (AvgIpc) is 3.41. The van der Waals surface area contributed by atoms with Crippen LogP contribution in [0.5, 0.6) is 0 Å². The van der Waals surface area contributed by atoms with Crippen molar-refractivity contribution >= 4 is 39.2 Å². The van der Waals surface area contributed by atoms with Gasteiger partial charge in [0.05, 0.1) is 11.8 Å². The summed E-state index contributed by atoms with van der Waals surface area (Å²) in [7, 11) is 0. The number of hydrogen-bond donors (Lipinski definition) is 1. The predicted octanol–water partition coefficient (Wildman–Crippen LogP) is 3.47. The van der Waals surface area contributed by atoms with Crippen LogP contribution in [0.15, 0.2) is 11.4 Å². The molecule has 2 aliphatic rings. The van der Waals surface area contributed by atoms with Crippen molar-refractivity contribution in [3.05, 3.63) is 16.8 Å². The van der Waals surface area contributed by atoms with Gasteiger partial charge in [0.2, 0.25) is 5.91 Å². The van der Waals surface area contributed by atoms with E-state index in [4.69, 9.17) is 0 Å². The molecule has 7 heteroatoms. The molecule has 0 radical (unpaired) electrons. The zero-order valence-corrected chi connectivity index (χ0v) is 15.8. The lowest BCUT2D eigenvalue weighted by atomic mass is 9.97. The largest absolute Gasteiger partial charge is 0.337 e. The van der Waals surface area contributed by atoms with Gasteiger partial charge in [-0.1, -0.05) is 11.8 Å². The quantitative estimate of drug-likeness (QED) is 0.642. The number of nitrogens with zero attached hydrogens (tertiary/aromatic N) is 3. The van der Waals surface area contributed by atoms with E-state index < -0.39 is 5.54 Å². The van der Waals surface area contributed by atoms with Gasteiger partial charge in [-0.15, -0.1) is 11.3 Å². The van der Waals surface area contributed by atoms with Crippen molar-refractivity contribution in [3.8, 4) is 6.07 Å². The first kappa shape index (κ1) is 16.8. The molecule has 1 fully saturated rings. The minimum absolute atomic E-state index is 0.100. The van der Waals surface area contributed by atoms with Crippen molar-refractivity contribution in [2.45, 2.75) is 56.0 Å². The van der Waals surface area contributed by atoms with Crippen LogP contribution in [-0.4, -0.2) is 27.2 Å². The van der Waals surface area contributed by atoms with E-state index in [2.05, 4.69) is 21.4 Å². The number of carbonyl (C=O) groups excluding carboxylic acids is 1. The molecule has 2 aromatic rings. The monoisotopic (exact) mass is 372 g/mol. The Balaban J connectivity index is 1.50. The number of carbonyl (C=O) groups is 1. The van der Waals surface area contributed by atoms with Gasteiger partial charge in [0.25, 0.3) is 0 Å². The Morgan fingerprint density at radius 1 is 1.44 bits per heavy atom. The van der Waals surface area contributed by atoms with Crippen molar-refractivity contribution < 1.29 is 4.79 Å². The number of thiophene rings is 1. The molecule has 0 saturated heterocycles. The second-order valence-electron chi connectivity index (χ2n) is 7.00. The summed E-state index contributed by atoms with van der Waals surface area (Å²) in [6.45, 7) is 1.82. The summed E-state index contributed by atoms with van der Waals surface area (Å²) >= 11 is 3.22. The summed E-state index contributed by atoms with van der Waals surface area (Å²) in [5, 5.41) is 14.3. The Labute approximate surface area is 155 Å². The molecule has 25 heavy (non-hydrogen) atoms. The molecule has 2 aliphatic carbocycles. The number of nitriles is 1. The van der Waals surface area contributed by atoms with Crippen LogP contribution >= 0.6 is 23.1 Å². The molecule has 1 N–H and O–H groups in total. The van der Waals surface area contributed by atoms with Crippen molar-refractivity contribution in [2.24, 2.45) is 5.92 Å². The van der Waals surface area contributed by atoms with Crippen molar-refractivity contribution in [1.82, 2.24) is 15.3 Å². The maximum atomic E-state index is 12.4. The number of aromatic nitrogens is 2. The molecule has 2 heterocycles. The summed E-state index contributed by atoms with van der Waals surface area (Å²) < 4.78 is 0. The fourth-order valence-electron chi connectivity index (χ4n) is 3.51. The summed E-state index contributed by atoms with van der Waals surface area (Å²) in [6, 6.07) is 2.27. The zero-order chi connectivity index (χ0) is 17.4. The molecule has 1 atom stereocenters. The Bertz CT molecular complexity index is 868. The van der Waals surface area contributed by atoms with Crippen LogP contribution < -0.4 is 5.32 Å². The van der Waals surface area contributed by atoms with E-state index in [1.807, 2.05) is 6.92 Å². The molecule has 1 saturated carbocycles. The zero-order valence-electron chi connectivity index (χ0n) is 14.2. The van der Waals surface area contributed by atoms with Gasteiger partial charge >= 0.3 is 0 Å². The molecular formula is C18H20N4OS2. The number of rotatable bonds is 5. The van der Waals surface area contributed by atoms with Gasteiger partial charge in [0.1, 0.15) is 21.7 Å². The Morgan fingerprint density at radius 2 is 2.24 bits per heavy atom. The second kappa shape index (κ2) is 6.58. The van der Waals surface area contributed by atoms with Crippen LogP contribution in [0, 0.1) is 17.2 Å². The summed E-state index contributed by atoms with van der Waals surface area (Å²) in [5.41, 5.74) is 0.648. The van der Waals surface area contributed by atoms with Gasteiger partial charge < -0.3 is 5.32 Å². The maximum Gasteiger partial charge on any atom is 0.231 e. The van der Waals surface area contributed by atoms with E-state index >= 15 is 0 Å². The summed E-state index contributed by atoms with van der Waals surface area (Å²) in [5.74, 6) is 0.471. The van der Waals surface area contributed by atoms with Crippen LogP contribution in [0.2, 0.25) is 0 Å². The third kappa shape index (κ3) is 3.25. The first-order valence-electron chi connectivity index (χ1n) is 8.71. The smallest absolute Gasteiger partial charge is 0.231 e. The number of hydrogen-bond acceptors (Lipinski definition) is 6. The van der Waals surface area contributed by atoms with E-state index in [0.29, 0.717) is 5.92 Å². The van der Waals surface area contributed by atoms with E-state index in [-0.39, 0.29) is 11.7 Å². The standard InChI is InChI=1S/C18H20N4OS2/c1-18(9-19,11-6-7-11)22-14(23)8-24-16-15-12-4-2-3-5-13(12)25-17(15)21-10-20-16/h10-11H,2-8H2,1H3,(H,22,23). The van der Waals surface area contributed by atoms with Crippen molar-refractivity contribution in [3.63, 3.8) is 0 Å². The molecule has 0 aromatic carbocycles. The van der Waals surface area contributed by atoms with Crippen molar-refractivity contribution in [2.75, 3.05) is 5.75 Å². The fraction of sp³-hybridized carbons (Fsp3) is 0.556. The molecule has 1 unspecified atom stereocenters. The Hall–Kier alpha value is -1.65. The lowest BCUT2D eigenvalue weighted by Crippen LogP contribution is -2.47. The lowest BCUT2D eigenvalue weighted by molar-refractivity contribution is -0.119. The molecular weight excluding hydrogens is 352 g/mol. The second-order valence-corrected chi connectivity index (χ2v) is 9.04. The normalized spacial score (nSPS) is 19.0. The highest BCUT2D eigenvalue weighted by Gasteiger charge is 2.42. The minimum Gasteiger partial charge on any atom is -0.337 e. The predicted molar refractivity (Wildman–Crippen MR) is 99.7 cm³/mol. The number of aryl methyl sites for hydroxylation is 2. The minimum atomic E-state index is -0.736. The van der Waals surface area contributed by atoms with Gasteiger partial charge in [-0.25, -0.2) is 9.97 Å². The van der Waals surface area contributed by atoms with Gasteiger partial charge in [-0.3, -0.25) is 4.79 Å². The third-order valence-corrected chi connectivity index (χ3v) is 7.27. The topological polar surface area (TPSA) is 78.7 Å². The molecule has 0 bridgehead atoms. The van der Waals surface area contributed by atoms with Gasteiger partial charge in [-0.05, 0) is 56.9 Å². The van der Waals surface area contributed by atoms with E-state index in [1.165, 1.54) is 35.0 Å². The SMILES string of the molecule is CC(C#N)(NC(=O)CSc1ncnc2sc3c(c12)CCCC3)C1CC1. The van der Waals surface area contributed by atoms with Crippen molar-refractivity contribution in [1.29, 1.82) is 5.26 Å². The Morgan fingerprint density at radius 3 is 3.00 bits per heavy atom. The third-order valence-electron chi connectivity index (χ3n) is 5.08. The lowest BCUT2D eigenvalue weighted by Gasteiger charge is -2.22. The molecule has 0 spiro atoms. The highest BCUT2D eigenvalue weighted by molar-refractivity contribution is 8.00. The maximum absolute atomic E-state index is 12.4. The first-order valence-corrected chi connectivity index (χ1v) is 10.5. The summed E-state index contributed by atoms with van der Waals surface area (Å²) in [4.78, 5) is 23.7. The number of fused-ring (bicyclic) bond motifs is 3. The van der Waals surface area contributed by atoms with Gasteiger partial charge in [-0.2, -0.15) is 5.26 Å². The molecule has 4 rings (SSSR count). The summed E-state index contributed by atoms with van der Waals surface area (Å²) in [6.07, 6.45) is 8.29. The number of amides is 1. The highest BCUT2D eigenvalue weighted by atomic mass is 32.2. The van der Waals surface area contributed by atoms with Gasteiger partial charge in [0.15, 0.2) is 0 Å². The first-order chi connectivity index (χ1) is 12.1. The molecule has 1 amide bonds. The van der Waals surface area contributed by atoms with Crippen LogP contribution in [0.25, 0.3) is 10.2 Å². The van der Waals surface area contributed by atoms with E-state index in [1.54, 1.807) is 17.7 Å². The van der Waals surface area contributed by atoms with E-state index in [9.17, 15) is 10.1 Å². The van der Waals surface area contributed by atoms with Crippen LogP contribution in [0.3, 0.4) is 0 Å². The highest BCUT2D eigenvalue weighted by Crippen LogP contribution is 2.40. The number of thioether (sulfide) groups is 1. The molecule has 130 valence electrons. The van der Waals surface area contributed by atoms with Crippen LogP contribution in [0.4, 0.5) is 0 Å². The van der Waals surface area contributed by atoms with E-state index in [0.717, 1.165) is 40.9 Å². The average molecular weight is 373 g/mol.